The Morgan fingerprint density at radius 3 is 2.15 bits per heavy atom. The summed E-state index contributed by atoms with van der Waals surface area (Å²) in [5.41, 5.74) is 1.34. The average Bonchev–Trinajstić information content (AvgIpc) is 2.17. The number of hydrogen-bond donors (Lipinski definition) is 1. The second-order valence-corrected chi connectivity index (χ2v) is 6.65. The molecule has 0 saturated heterocycles. The predicted octanol–water partition coefficient (Wildman–Crippen LogP) is 3.64. The van der Waals surface area contributed by atoms with E-state index in [2.05, 4.69) is 0 Å². The fourth-order valence-electron chi connectivity index (χ4n) is 0.866. The molecule has 1 rings (SSSR count). The zero-order valence-corrected chi connectivity index (χ0v) is 10.9. The van der Waals surface area contributed by atoms with Crippen molar-refractivity contribution in [2.24, 2.45) is 0 Å². The molecule has 0 spiro atoms. The van der Waals surface area contributed by atoms with Gasteiger partial charge in [0.2, 0.25) is 0 Å². The van der Waals surface area contributed by atoms with E-state index in [0.29, 0.717) is 7.15 Å². The van der Waals surface area contributed by atoms with Crippen LogP contribution in [0.15, 0.2) is 25.9 Å². The standard InChI is InChI=1S/C9H7FI2O/c10-8(9(11)12)7-3-1-6(5-13)2-4-7/h1-4,13H,5H2. The highest BCUT2D eigenvalue weighted by Gasteiger charge is 2.03. The third-order valence-corrected chi connectivity index (χ3v) is 2.50. The number of hydrogen-bond acceptors (Lipinski definition) is 1. The maximum Gasteiger partial charge on any atom is 0.149 e. The van der Waals surface area contributed by atoms with E-state index in [1.54, 1.807) is 24.3 Å². The van der Waals surface area contributed by atoms with Crippen molar-refractivity contribution in [1.29, 1.82) is 0 Å². The molecule has 0 fully saturated rings. The largest absolute Gasteiger partial charge is 0.392 e. The van der Waals surface area contributed by atoms with Crippen molar-refractivity contribution < 1.29 is 9.50 Å². The first-order chi connectivity index (χ1) is 6.15. The number of halogens is 3. The normalized spacial score (nSPS) is 9.85. The summed E-state index contributed by atoms with van der Waals surface area (Å²) >= 11 is 3.86. The van der Waals surface area contributed by atoms with Crippen LogP contribution < -0.4 is 0 Å². The Morgan fingerprint density at radius 1 is 1.23 bits per heavy atom. The topological polar surface area (TPSA) is 20.2 Å². The molecule has 0 bridgehead atoms. The van der Waals surface area contributed by atoms with Crippen LogP contribution in [0, 0.1) is 0 Å². The van der Waals surface area contributed by atoms with Crippen molar-refractivity contribution >= 4 is 51.0 Å². The molecule has 1 aromatic rings. The van der Waals surface area contributed by atoms with E-state index in [9.17, 15) is 4.39 Å². The smallest absolute Gasteiger partial charge is 0.149 e. The third kappa shape index (κ3) is 3.17. The van der Waals surface area contributed by atoms with E-state index < -0.39 is 0 Å². The molecule has 4 heteroatoms. The van der Waals surface area contributed by atoms with Gasteiger partial charge in [-0.05, 0) is 50.7 Å². The lowest BCUT2D eigenvalue weighted by molar-refractivity contribution is 0.282. The summed E-state index contributed by atoms with van der Waals surface area (Å²) in [5, 5.41) is 8.77. The van der Waals surface area contributed by atoms with Crippen molar-refractivity contribution in [3.05, 3.63) is 37.0 Å². The van der Waals surface area contributed by atoms with Crippen LogP contribution in [-0.2, 0) is 6.61 Å². The second kappa shape index (κ2) is 5.26. The molecule has 1 aromatic carbocycles. The van der Waals surface area contributed by atoms with Crippen molar-refractivity contribution in [3.63, 3.8) is 0 Å². The number of aliphatic hydroxyl groups is 1. The van der Waals surface area contributed by atoms with E-state index in [1.807, 2.05) is 45.2 Å². The highest BCUT2D eigenvalue weighted by atomic mass is 127. The Morgan fingerprint density at radius 2 is 1.77 bits per heavy atom. The van der Waals surface area contributed by atoms with Gasteiger partial charge in [0.1, 0.15) is 5.83 Å². The summed E-state index contributed by atoms with van der Waals surface area (Å²) in [5.74, 6) is -0.217. The van der Waals surface area contributed by atoms with Gasteiger partial charge in [-0.2, -0.15) is 0 Å². The maximum atomic E-state index is 13.3. The molecule has 0 aliphatic heterocycles. The summed E-state index contributed by atoms with van der Waals surface area (Å²) in [6.45, 7) is -0.00700. The number of benzene rings is 1. The molecule has 1 nitrogen and oxygen atoms in total. The van der Waals surface area contributed by atoms with Crippen molar-refractivity contribution in [2.75, 3.05) is 0 Å². The van der Waals surface area contributed by atoms with Crippen molar-refractivity contribution in [2.45, 2.75) is 6.61 Å². The monoisotopic (exact) mass is 404 g/mol. The van der Waals surface area contributed by atoms with Gasteiger partial charge in [0.15, 0.2) is 0 Å². The van der Waals surface area contributed by atoms with Gasteiger partial charge < -0.3 is 5.11 Å². The van der Waals surface area contributed by atoms with Gasteiger partial charge in [-0.15, -0.1) is 0 Å². The molecule has 13 heavy (non-hydrogen) atoms. The van der Waals surface area contributed by atoms with Crippen LogP contribution in [0.3, 0.4) is 0 Å². The Balaban J connectivity index is 2.99. The molecule has 0 heterocycles. The first-order valence-corrected chi connectivity index (χ1v) is 5.72. The zero-order valence-electron chi connectivity index (χ0n) is 6.60. The van der Waals surface area contributed by atoms with Gasteiger partial charge in [-0.1, -0.05) is 24.3 Å². The molecule has 1 N–H and O–H groups in total. The van der Waals surface area contributed by atoms with Crippen LogP contribution in [0.5, 0.6) is 0 Å². The van der Waals surface area contributed by atoms with E-state index in [-0.39, 0.29) is 12.4 Å². The summed E-state index contributed by atoms with van der Waals surface area (Å²) in [4.78, 5) is 0. The van der Waals surface area contributed by atoms with Gasteiger partial charge in [0, 0.05) is 5.56 Å². The van der Waals surface area contributed by atoms with Crippen LogP contribution in [0.2, 0.25) is 0 Å². The minimum absolute atomic E-state index is 0.00700. The number of rotatable bonds is 2. The van der Waals surface area contributed by atoms with Crippen LogP contribution in [-0.4, -0.2) is 5.11 Å². The summed E-state index contributed by atoms with van der Waals surface area (Å²) < 4.78 is 13.9. The van der Waals surface area contributed by atoms with Crippen LogP contribution in [0.25, 0.3) is 5.83 Å². The van der Waals surface area contributed by atoms with E-state index in [1.165, 1.54) is 0 Å². The number of aliphatic hydroxyl groups excluding tert-OH is 1. The SMILES string of the molecule is OCc1ccc(C(F)=C(I)I)cc1. The fraction of sp³-hybridized carbons (Fsp3) is 0.111. The quantitative estimate of drug-likeness (QED) is 0.747. The Labute approximate surface area is 103 Å². The minimum atomic E-state index is -0.217. The van der Waals surface area contributed by atoms with Crippen LogP contribution in [0.1, 0.15) is 11.1 Å². The van der Waals surface area contributed by atoms with Gasteiger partial charge >= 0.3 is 0 Å². The summed E-state index contributed by atoms with van der Waals surface area (Å²) in [7, 11) is 0. The molecule has 0 aliphatic rings. The van der Waals surface area contributed by atoms with Crippen molar-refractivity contribution in [1.82, 2.24) is 0 Å². The lowest BCUT2D eigenvalue weighted by atomic mass is 10.1. The summed E-state index contributed by atoms with van der Waals surface area (Å²) in [6, 6.07) is 6.76. The van der Waals surface area contributed by atoms with E-state index in [4.69, 9.17) is 5.11 Å². The molecule has 0 radical (unpaired) electrons. The molecular formula is C9H7FI2O. The minimum Gasteiger partial charge on any atom is -0.392 e. The first kappa shape index (κ1) is 11.4. The van der Waals surface area contributed by atoms with Crippen LogP contribution >= 0.6 is 45.2 Å². The van der Waals surface area contributed by atoms with E-state index in [0.717, 1.165) is 5.56 Å². The molecular weight excluding hydrogens is 397 g/mol. The third-order valence-electron chi connectivity index (χ3n) is 1.56. The first-order valence-electron chi connectivity index (χ1n) is 3.56. The maximum absolute atomic E-state index is 13.3. The molecule has 0 aromatic heterocycles. The molecule has 0 unspecified atom stereocenters. The van der Waals surface area contributed by atoms with Gasteiger partial charge in [0.25, 0.3) is 0 Å². The Bertz CT molecular complexity index is 315. The average molecular weight is 404 g/mol. The van der Waals surface area contributed by atoms with Crippen molar-refractivity contribution in [3.8, 4) is 0 Å². The fourth-order valence-corrected chi connectivity index (χ4v) is 1.49. The predicted molar refractivity (Wildman–Crippen MR) is 68.4 cm³/mol. The zero-order chi connectivity index (χ0) is 9.84. The molecule has 0 atom stereocenters. The molecule has 0 aliphatic carbocycles. The molecule has 0 saturated carbocycles. The Kier molecular flexibility index (Phi) is 4.60. The molecule has 70 valence electrons. The van der Waals surface area contributed by atoms with Gasteiger partial charge in [-0.3, -0.25) is 0 Å². The lowest BCUT2D eigenvalue weighted by Gasteiger charge is -1.99. The molecule has 0 amide bonds. The Hall–Kier alpha value is 0.310. The highest BCUT2D eigenvalue weighted by Crippen LogP contribution is 2.29. The van der Waals surface area contributed by atoms with E-state index >= 15 is 0 Å². The van der Waals surface area contributed by atoms with Gasteiger partial charge in [-0.25, -0.2) is 4.39 Å². The second-order valence-electron chi connectivity index (χ2n) is 2.43. The lowest BCUT2D eigenvalue weighted by Crippen LogP contribution is -1.83. The summed E-state index contributed by atoms with van der Waals surface area (Å²) in [6.07, 6.45) is 0. The van der Waals surface area contributed by atoms with Crippen LogP contribution in [0.4, 0.5) is 4.39 Å². The highest BCUT2D eigenvalue weighted by molar-refractivity contribution is 14.2. The van der Waals surface area contributed by atoms with Gasteiger partial charge in [0.05, 0.1) is 8.19 Å².